The predicted octanol–water partition coefficient (Wildman–Crippen LogP) is 1.88. The van der Waals surface area contributed by atoms with Gasteiger partial charge in [-0.1, -0.05) is 12.1 Å². The molecule has 1 aromatic rings. The fraction of sp³-hybridized carbons (Fsp3) is 0.333. The predicted molar refractivity (Wildman–Crippen MR) is 50.6 cm³/mol. The highest BCUT2D eigenvalue weighted by Crippen LogP contribution is 2.16. The van der Waals surface area contributed by atoms with Gasteiger partial charge in [0.2, 0.25) is 0 Å². The Kier molecular flexibility index (Phi) is 2.97. The summed E-state index contributed by atoms with van der Waals surface area (Å²) in [5.41, 5.74) is 1.18. The number of hydrogen-bond acceptors (Lipinski definition) is 3. The van der Waals surface area contributed by atoms with Crippen molar-refractivity contribution in [2.24, 2.45) is 0 Å². The Labute approximate surface area is 76.7 Å². The molecule has 0 unspecified atom stereocenters. The van der Waals surface area contributed by atoms with Crippen molar-refractivity contribution in [1.82, 2.24) is 5.32 Å². The van der Waals surface area contributed by atoms with E-state index in [9.17, 15) is 10.1 Å². The van der Waals surface area contributed by atoms with E-state index in [0.717, 1.165) is 5.56 Å². The van der Waals surface area contributed by atoms with Crippen molar-refractivity contribution in [1.29, 1.82) is 0 Å². The van der Waals surface area contributed by atoms with Gasteiger partial charge >= 0.3 is 0 Å². The first-order valence-corrected chi connectivity index (χ1v) is 4.06. The molecule has 0 heterocycles. The van der Waals surface area contributed by atoms with Crippen LogP contribution in [0, 0.1) is 10.1 Å². The fourth-order valence-corrected chi connectivity index (χ4v) is 1.05. The Morgan fingerprint density at radius 3 is 2.31 bits per heavy atom. The molecular weight excluding hydrogens is 168 g/mol. The van der Waals surface area contributed by atoms with Crippen molar-refractivity contribution in [3.63, 3.8) is 0 Å². The summed E-state index contributed by atoms with van der Waals surface area (Å²) in [5, 5.41) is 13.4. The van der Waals surface area contributed by atoms with Gasteiger partial charge in [0.1, 0.15) is 0 Å². The van der Waals surface area contributed by atoms with Crippen LogP contribution >= 0.6 is 0 Å². The van der Waals surface area contributed by atoms with Crippen LogP contribution in [-0.4, -0.2) is 12.0 Å². The summed E-state index contributed by atoms with van der Waals surface area (Å²) in [6.07, 6.45) is 0. The minimum atomic E-state index is -0.395. The van der Waals surface area contributed by atoms with Crippen LogP contribution in [0.1, 0.15) is 18.5 Å². The molecule has 0 amide bonds. The molecule has 0 spiro atoms. The van der Waals surface area contributed by atoms with Crippen LogP contribution in [0.4, 0.5) is 5.69 Å². The van der Waals surface area contributed by atoms with Gasteiger partial charge in [-0.15, -0.1) is 0 Å². The van der Waals surface area contributed by atoms with E-state index >= 15 is 0 Å². The van der Waals surface area contributed by atoms with Crippen LogP contribution in [0.3, 0.4) is 0 Å². The van der Waals surface area contributed by atoms with E-state index in [1.165, 1.54) is 12.1 Å². The highest BCUT2D eigenvalue weighted by Gasteiger charge is 2.06. The molecule has 1 rings (SSSR count). The molecule has 0 aliphatic carbocycles. The molecule has 0 aromatic heterocycles. The molecule has 0 saturated carbocycles. The van der Waals surface area contributed by atoms with Crippen molar-refractivity contribution in [2.45, 2.75) is 13.0 Å². The molecule has 0 fully saturated rings. The second-order valence-electron chi connectivity index (χ2n) is 2.86. The maximum atomic E-state index is 10.3. The van der Waals surface area contributed by atoms with E-state index in [1.807, 2.05) is 14.0 Å². The lowest BCUT2D eigenvalue weighted by atomic mass is 10.1. The first-order valence-electron chi connectivity index (χ1n) is 4.06. The number of non-ortho nitro benzene ring substituents is 1. The van der Waals surface area contributed by atoms with Crippen LogP contribution in [0.5, 0.6) is 0 Å². The van der Waals surface area contributed by atoms with Gasteiger partial charge in [0.05, 0.1) is 4.92 Å². The molecule has 0 aliphatic rings. The molecule has 4 heteroatoms. The van der Waals surface area contributed by atoms with E-state index in [4.69, 9.17) is 0 Å². The zero-order chi connectivity index (χ0) is 9.84. The number of benzene rings is 1. The van der Waals surface area contributed by atoms with Gasteiger partial charge in [-0.3, -0.25) is 10.1 Å². The summed E-state index contributed by atoms with van der Waals surface area (Å²) in [6, 6.07) is 6.78. The van der Waals surface area contributed by atoms with Gasteiger partial charge < -0.3 is 5.32 Å². The maximum absolute atomic E-state index is 10.3. The smallest absolute Gasteiger partial charge is 0.269 e. The highest BCUT2D eigenvalue weighted by atomic mass is 16.6. The Bertz CT molecular complexity index is 295. The zero-order valence-electron chi connectivity index (χ0n) is 7.65. The van der Waals surface area contributed by atoms with Gasteiger partial charge in [0, 0.05) is 18.2 Å². The van der Waals surface area contributed by atoms with Gasteiger partial charge in [-0.2, -0.15) is 0 Å². The minimum absolute atomic E-state index is 0.132. The van der Waals surface area contributed by atoms with Crippen molar-refractivity contribution in [3.8, 4) is 0 Å². The van der Waals surface area contributed by atoms with Gasteiger partial charge in [0.25, 0.3) is 5.69 Å². The third-order valence-electron chi connectivity index (χ3n) is 2.04. The maximum Gasteiger partial charge on any atom is 0.269 e. The molecule has 1 N–H and O–H groups in total. The van der Waals surface area contributed by atoms with Gasteiger partial charge in [0.15, 0.2) is 0 Å². The average Bonchev–Trinajstić information content (AvgIpc) is 2.17. The number of nitrogens with zero attached hydrogens (tertiary/aromatic N) is 1. The number of nitro benzene ring substituents is 1. The molecule has 70 valence electrons. The first-order chi connectivity index (χ1) is 6.15. The van der Waals surface area contributed by atoms with Crippen molar-refractivity contribution in [2.75, 3.05) is 7.05 Å². The first kappa shape index (κ1) is 9.67. The zero-order valence-corrected chi connectivity index (χ0v) is 7.65. The number of rotatable bonds is 3. The summed E-state index contributed by atoms with van der Waals surface area (Å²) >= 11 is 0. The Morgan fingerprint density at radius 1 is 1.38 bits per heavy atom. The van der Waals surface area contributed by atoms with E-state index in [-0.39, 0.29) is 11.7 Å². The van der Waals surface area contributed by atoms with Crippen LogP contribution < -0.4 is 5.32 Å². The lowest BCUT2D eigenvalue weighted by Gasteiger charge is -2.09. The Hall–Kier alpha value is -1.42. The van der Waals surface area contributed by atoms with E-state index < -0.39 is 4.92 Å². The molecule has 0 aliphatic heterocycles. The SMILES string of the molecule is CN[C@H](C)c1ccc([N+](=O)[O-])cc1. The molecule has 0 bridgehead atoms. The summed E-state index contributed by atoms with van der Waals surface area (Å²) in [7, 11) is 1.85. The van der Waals surface area contributed by atoms with E-state index in [2.05, 4.69) is 5.32 Å². The quantitative estimate of drug-likeness (QED) is 0.570. The summed E-state index contributed by atoms with van der Waals surface area (Å²) in [5.74, 6) is 0. The van der Waals surface area contributed by atoms with Crippen molar-refractivity contribution in [3.05, 3.63) is 39.9 Å². The second kappa shape index (κ2) is 4.00. The van der Waals surface area contributed by atoms with Gasteiger partial charge in [-0.25, -0.2) is 0 Å². The summed E-state index contributed by atoms with van der Waals surface area (Å²) < 4.78 is 0. The minimum Gasteiger partial charge on any atom is -0.313 e. The molecule has 13 heavy (non-hydrogen) atoms. The fourth-order valence-electron chi connectivity index (χ4n) is 1.05. The normalized spacial score (nSPS) is 12.5. The second-order valence-corrected chi connectivity index (χ2v) is 2.86. The molecular formula is C9H12N2O2. The molecule has 0 saturated heterocycles. The monoisotopic (exact) mass is 180 g/mol. The molecule has 1 atom stereocenters. The lowest BCUT2D eigenvalue weighted by Crippen LogP contribution is -2.11. The Morgan fingerprint density at radius 2 is 1.92 bits per heavy atom. The van der Waals surface area contributed by atoms with Crippen molar-refractivity contribution < 1.29 is 4.92 Å². The highest BCUT2D eigenvalue weighted by molar-refractivity contribution is 5.33. The van der Waals surface area contributed by atoms with Gasteiger partial charge in [-0.05, 0) is 19.5 Å². The van der Waals surface area contributed by atoms with Crippen LogP contribution in [-0.2, 0) is 0 Å². The third-order valence-corrected chi connectivity index (χ3v) is 2.04. The lowest BCUT2D eigenvalue weighted by molar-refractivity contribution is -0.384. The Balaban J connectivity index is 2.87. The molecule has 0 radical (unpaired) electrons. The summed E-state index contributed by atoms with van der Waals surface area (Å²) in [6.45, 7) is 2.00. The standard InChI is InChI=1S/C9H12N2O2/c1-7(10-2)8-3-5-9(6-4-8)11(12)13/h3-7,10H,1-2H3/t7-/m1/s1. The van der Waals surface area contributed by atoms with E-state index in [0.29, 0.717) is 0 Å². The largest absolute Gasteiger partial charge is 0.313 e. The van der Waals surface area contributed by atoms with E-state index in [1.54, 1.807) is 12.1 Å². The van der Waals surface area contributed by atoms with Crippen molar-refractivity contribution >= 4 is 5.69 Å². The number of nitrogens with one attached hydrogen (secondary N) is 1. The molecule has 1 aromatic carbocycles. The van der Waals surface area contributed by atoms with Crippen LogP contribution in [0.25, 0.3) is 0 Å². The number of nitro groups is 1. The van der Waals surface area contributed by atoms with Crippen LogP contribution in [0.15, 0.2) is 24.3 Å². The average molecular weight is 180 g/mol. The summed E-state index contributed by atoms with van der Waals surface area (Å²) in [4.78, 5) is 9.95. The third kappa shape index (κ3) is 2.26. The topological polar surface area (TPSA) is 55.2 Å². The molecule has 4 nitrogen and oxygen atoms in total. The number of hydrogen-bond donors (Lipinski definition) is 1. The van der Waals surface area contributed by atoms with Crippen LogP contribution in [0.2, 0.25) is 0 Å².